The first-order chi connectivity index (χ1) is 14.4. The first-order valence-corrected chi connectivity index (χ1v) is 11.1. The number of hydrogen-bond acceptors (Lipinski definition) is 7. The number of methoxy groups -OCH3 is 1. The summed E-state index contributed by atoms with van der Waals surface area (Å²) < 4.78 is 32.1. The Labute approximate surface area is 174 Å². The molecule has 9 heteroatoms. The van der Waals surface area contributed by atoms with E-state index in [0.29, 0.717) is 48.5 Å². The van der Waals surface area contributed by atoms with Crippen LogP contribution in [0, 0.1) is 5.92 Å². The third-order valence-corrected chi connectivity index (χ3v) is 7.02. The van der Waals surface area contributed by atoms with Gasteiger partial charge >= 0.3 is 0 Å². The third-order valence-electron chi connectivity index (χ3n) is 5.34. The van der Waals surface area contributed by atoms with E-state index in [1.54, 1.807) is 30.3 Å². The molecule has 0 radical (unpaired) electrons. The fraction of sp³-hybridized carbons (Fsp3) is 0.286. The molecule has 0 aliphatic carbocycles. The summed E-state index contributed by atoms with van der Waals surface area (Å²) in [5, 5.41) is -0.0936. The van der Waals surface area contributed by atoms with Gasteiger partial charge in [-0.25, -0.2) is 18.4 Å². The molecule has 1 aromatic heterocycles. The average Bonchev–Trinajstić information content (AvgIpc) is 2.78. The maximum absolute atomic E-state index is 13.5. The third kappa shape index (κ3) is 3.68. The van der Waals surface area contributed by atoms with Crippen molar-refractivity contribution >= 4 is 32.6 Å². The summed E-state index contributed by atoms with van der Waals surface area (Å²) in [7, 11) is -2.41. The van der Waals surface area contributed by atoms with Gasteiger partial charge in [0.05, 0.1) is 23.0 Å². The van der Waals surface area contributed by atoms with Crippen molar-refractivity contribution < 1.29 is 17.9 Å². The van der Waals surface area contributed by atoms with Crippen LogP contribution in [0.4, 0.5) is 5.82 Å². The van der Waals surface area contributed by atoms with E-state index in [1.165, 1.54) is 19.2 Å². The van der Waals surface area contributed by atoms with E-state index in [0.717, 1.165) is 0 Å². The predicted molar refractivity (Wildman–Crippen MR) is 112 cm³/mol. The van der Waals surface area contributed by atoms with Crippen LogP contribution in [0.5, 0.6) is 5.75 Å². The van der Waals surface area contributed by atoms with Crippen LogP contribution in [0.2, 0.25) is 0 Å². The van der Waals surface area contributed by atoms with Gasteiger partial charge in [0.2, 0.25) is 20.8 Å². The van der Waals surface area contributed by atoms with Crippen molar-refractivity contribution in [2.75, 3.05) is 25.1 Å². The van der Waals surface area contributed by atoms with Gasteiger partial charge < -0.3 is 15.4 Å². The summed E-state index contributed by atoms with van der Waals surface area (Å²) in [6.07, 6.45) is 1.09. The Morgan fingerprint density at radius 3 is 2.20 bits per heavy atom. The Balaban J connectivity index is 1.81. The van der Waals surface area contributed by atoms with Crippen molar-refractivity contribution in [1.82, 2.24) is 9.97 Å². The largest absolute Gasteiger partial charge is 0.497 e. The van der Waals surface area contributed by atoms with Gasteiger partial charge in [0.1, 0.15) is 5.75 Å². The number of ether oxygens (including phenoxy) is 1. The van der Waals surface area contributed by atoms with Crippen molar-refractivity contribution in [2.24, 2.45) is 11.7 Å². The summed E-state index contributed by atoms with van der Waals surface area (Å²) >= 11 is 0. The van der Waals surface area contributed by atoms with E-state index < -0.39 is 9.84 Å². The van der Waals surface area contributed by atoms with E-state index in [2.05, 4.69) is 9.97 Å². The van der Waals surface area contributed by atoms with Crippen LogP contribution in [-0.2, 0) is 14.6 Å². The highest BCUT2D eigenvalue weighted by Gasteiger charge is 2.31. The van der Waals surface area contributed by atoms with E-state index in [4.69, 9.17) is 10.5 Å². The molecular formula is C21H22N4O4S. The number of primary amides is 1. The number of aromatic nitrogens is 2. The normalized spacial score (nSPS) is 15.3. The Bertz CT molecular complexity index is 1190. The maximum Gasteiger partial charge on any atom is 0.227 e. The zero-order valence-electron chi connectivity index (χ0n) is 16.5. The van der Waals surface area contributed by atoms with Crippen LogP contribution in [0.3, 0.4) is 0 Å². The number of nitrogens with two attached hydrogens (primary N) is 1. The Hall–Kier alpha value is -3.20. The molecule has 1 amide bonds. The van der Waals surface area contributed by atoms with Crippen molar-refractivity contribution in [3.05, 3.63) is 48.5 Å². The smallest absolute Gasteiger partial charge is 0.227 e. The van der Waals surface area contributed by atoms with Crippen LogP contribution in [-0.4, -0.2) is 44.5 Å². The van der Waals surface area contributed by atoms with Crippen molar-refractivity contribution in [3.8, 4) is 5.75 Å². The molecule has 0 saturated carbocycles. The molecule has 2 aromatic carbocycles. The molecular weight excluding hydrogens is 404 g/mol. The lowest BCUT2D eigenvalue weighted by atomic mass is 9.96. The van der Waals surface area contributed by atoms with Crippen molar-refractivity contribution in [1.29, 1.82) is 0 Å². The number of carbonyl (C=O) groups is 1. The zero-order valence-corrected chi connectivity index (χ0v) is 17.3. The number of benzene rings is 2. The summed E-state index contributed by atoms with van der Waals surface area (Å²) in [5.41, 5.74) is 6.54. The summed E-state index contributed by atoms with van der Waals surface area (Å²) in [6, 6.07) is 13.3. The lowest BCUT2D eigenvalue weighted by Crippen LogP contribution is -2.39. The fourth-order valence-corrected chi connectivity index (χ4v) is 4.95. The Kier molecular flexibility index (Phi) is 5.29. The number of nitrogens with zero attached hydrogens (tertiary/aromatic N) is 3. The number of rotatable bonds is 5. The van der Waals surface area contributed by atoms with Crippen LogP contribution in [0.25, 0.3) is 11.0 Å². The molecule has 1 saturated heterocycles. The second-order valence-corrected chi connectivity index (χ2v) is 9.05. The molecule has 8 nitrogen and oxygen atoms in total. The molecule has 3 aromatic rings. The molecule has 0 spiro atoms. The number of carbonyl (C=O) groups excluding carboxylic acids is 1. The second kappa shape index (κ2) is 7.91. The Morgan fingerprint density at radius 2 is 1.63 bits per heavy atom. The average molecular weight is 426 g/mol. The van der Waals surface area contributed by atoms with Gasteiger partial charge in [-0.3, -0.25) is 4.79 Å². The van der Waals surface area contributed by atoms with Gasteiger partial charge in [-0.1, -0.05) is 12.1 Å². The molecule has 4 rings (SSSR count). The molecule has 1 aliphatic rings. The van der Waals surface area contributed by atoms with Crippen LogP contribution >= 0.6 is 0 Å². The number of amides is 1. The lowest BCUT2D eigenvalue weighted by Gasteiger charge is -2.32. The van der Waals surface area contributed by atoms with Gasteiger partial charge in [-0.2, -0.15) is 0 Å². The highest BCUT2D eigenvalue weighted by atomic mass is 32.2. The SMILES string of the molecule is COc1ccc(S(=O)(=O)c2nc3ccccc3nc2N2CCC(C(N)=O)CC2)cc1. The molecule has 1 fully saturated rings. The first-order valence-electron chi connectivity index (χ1n) is 9.60. The molecule has 2 N–H and O–H groups in total. The standard InChI is InChI=1S/C21H22N4O4S/c1-29-15-6-8-16(9-7-15)30(27,28)21-20(23-17-4-2-3-5-18(17)24-21)25-12-10-14(11-13-25)19(22)26/h2-9,14H,10-13H2,1H3,(H2,22,26). The molecule has 30 heavy (non-hydrogen) atoms. The molecule has 1 aliphatic heterocycles. The number of piperidine rings is 1. The maximum atomic E-state index is 13.5. The van der Waals surface area contributed by atoms with Gasteiger partial charge in [0.25, 0.3) is 0 Å². The van der Waals surface area contributed by atoms with E-state index in [1.807, 2.05) is 11.0 Å². The van der Waals surface area contributed by atoms with E-state index in [-0.39, 0.29) is 21.7 Å². The van der Waals surface area contributed by atoms with Gasteiger partial charge in [-0.05, 0) is 49.2 Å². The van der Waals surface area contributed by atoms with Crippen molar-refractivity contribution in [3.63, 3.8) is 0 Å². The zero-order chi connectivity index (χ0) is 21.3. The summed E-state index contributed by atoms with van der Waals surface area (Å²) in [4.78, 5) is 22.6. The van der Waals surface area contributed by atoms with Crippen LogP contribution < -0.4 is 15.4 Å². The quantitative estimate of drug-likeness (QED) is 0.665. The highest BCUT2D eigenvalue weighted by molar-refractivity contribution is 7.91. The minimum Gasteiger partial charge on any atom is -0.497 e. The number of sulfone groups is 1. The Morgan fingerprint density at radius 1 is 1.03 bits per heavy atom. The second-order valence-electron chi connectivity index (χ2n) is 7.18. The number of fused-ring (bicyclic) bond motifs is 1. The summed E-state index contributed by atoms with van der Waals surface area (Å²) in [6.45, 7) is 0.956. The molecule has 0 bridgehead atoms. The predicted octanol–water partition coefficient (Wildman–Crippen LogP) is 2.17. The van der Waals surface area contributed by atoms with Crippen molar-refractivity contribution in [2.45, 2.75) is 22.8 Å². The first kappa shape index (κ1) is 20.1. The van der Waals surface area contributed by atoms with Crippen LogP contribution in [0.1, 0.15) is 12.8 Å². The molecule has 2 heterocycles. The van der Waals surface area contributed by atoms with E-state index >= 15 is 0 Å². The van der Waals surface area contributed by atoms with Gasteiger partial charge in [-0.15, -0.1) is 0 Å². The highest BCUT2D eigenvalue weighted by Crippen LogP contribution is 2.32. The molecule has 0 unspecified atom stereocenters. The number of para-hydroxylation sites is 2. The number of anilines is 1. The van der Waals surface area contributed by atoms with E-state index in [9.17, 15) is 13.2 Å². The molecule has 156 valence electrons. The minimum absolute atomic E-state index is 0.0936. The van der Waals surface area contributed by atoms with Gasteiger partial charge in [0.15, 0.2) is 5.82 Å². The van der Waals surface area contributed by atoms with Crippen LogP contribution in [0.15, 0.2) is 58.5 Å². The van der Waals surface area contributed by atoms with Gasteiger partial charge in [0, 0.05) is 19.0 Å². The monoisotopic (exact) mass is 426 g/mol. The summed E-state index contributed by atoms with van der Waals surface area (Å²) in [5.74, 6) is 0.321. The number of hydrogen-bond donors (Lipinski definition) is 1. The topological polar surface area (TPSA) is 115 Å². The lowest BCUT2D eigenvalue weighted by molar-refractivity contribution is -0.122. The fourth-order valence-electron chi connectivity index (χ4n) is 3.60. The minimum atomic E-state index is -3.93. The molecule has 0 atom stereocenters.